The van der Waals surface area contributed by atoms with Crippen molar-refractivity contribution in [1.29, 1.82) is 0 Å². The van der Waals surface area contributed by atoms with Crippen molar-refractivity contribution < 1.29 is 34.0 Å². The van der Waals surface area contributed by atoms with E-state index in [0.717, 1.165) is 19.3 Å². The molecule has 7 nitrogen and oxygen atoms in total. The molecule has 13 atom stereocenters. The van der Waals surface area contributed by atoms with E-state index in [-0.39, 0.29) is 47.5 Å². The molecule has 0 radical (unpaired) electrons. The number of carbonyl (C=O) groups excluding carboxylic acids is 1. The first kappa shape index (κ1) is 33.6. The Hall–Kier alpha value is -0.730. The third-order valence-electron chi connectivity index (χ3n) is 13.0. The predicted molar refractivity (Wildman–Crippen MR) is 166 cm³/mol. The van der Waals surface area contributed by atoms with Crippen molar-refractivity contribution in [3.05, 3.63) is 0 Å². The fourth-order valence-corrected chi connectivity index (χ4v) is 11.0. The van der Waals surface area contributed by atoms with Gasteiger partial charge in [-0.3, -0.25) is 4.79 Å². The molecule has 6 unspecified atom stereocenters. The molecule has 43 heavy (non-hydrogen) atoms. The van der Waals surface area contributed by atoms with Crippen LogP contribution in [-0.2, 0) is 23.7 Å². The van der Waals surface area contributed by atoms with E-state index in [9.17, 15) is 15.0 Å². The van der Waals surface area contributed by atoms with Gasteiger partial charge in [0.05, 0.1) is 36.6 Å². The van der Waals surface area contributed by atoms with Crippen LogP contribution < -0.4 is 0 Å². The van der Waals surface area contributed by atoms with Gasteiger partial charge in [0.1, 0.15) is 0 Å². The first-order valence-corrected chi connectivity index (χ1v) is 17.6. The average Bonchev–Trinajstić information content (AvgIpc) is 3.21. The van der Waals surface area contributed by atoms with Crippen LogP contribution in [0.25, 0.3) is 0 Å². The Balaban J connectivity index is 1.26. The zero-order valence-electron chi connectivity index (χ0n) is 28.3. The first-order chi connectivity index (χ1) is 20.1. The maximum atomic E-state index is 11.9. The van der Waals surface area contributed by atoms with Gasteiger partial charge in [0.2, 0.25) is 0 Å². The summed E-state index contributed by atoms with van der Waals surface area (Å²) in [5.41, 5.74) is -0.838. The second-order valence-electron chi connectivity index (χ2n) is 16.8. The van der Waals surface area contributed by atoms with Crippen molar-refractivity contribution in [1.82, 2.24) is 0 Å². The number of rotatable bonds is 8. The molecule has 2 saturated heterocycles. The van der Waals surface area contributed by atoms with E-state index in [1.807, 2.05) is 0 Å². The summed E-state index contributed by atoms with van der Waals surface area (Å²) in [6.07, 6.45) is 10.5. The molecule has 0 aromatic heterocycles. The standard InChI is InChI=1S/C36H62O7/c1-21-11-14-30(43-31-19-25(38)15-17-40-31)34(4,5)26(21)13-12-24-10-9-16-36(8)27(24)20-28-32(36)22(2)18-29(42-28)33(35(6,7)39)41-23(3)37/h21-22,24-33,38-39H,9-20H2,1-8H3/t21?,22-,24+,25+,26?,27?,28?,29-,30+,31?,32?,33+,36+/m1/s1. The molecule has 5 aliphatic rings. The molecule has 7 heteroatoms. The Bertz CT molecular complexity index is 960. The monoisotopic (exact) mass is 606 g/mol. The van der Waals surface area contributed by atoms with Crippen molar-refractivity contribution in [2.24, 2.45) is 46.3 Å². The minimum Gasteiger partial charge on any atom is -0.457 e. The van der Waals surface area contributed by atoms with Gasteiger partial charge in [0.25, 0.3) is 0 Å². The van der Waals surface area contributed by atoms with Crippen LogP contribution >= 0.6 is 0 Å². The van der Waals surface area contributed by atoms with Crippen LogP contribution in [-0.4, -0.2) is 65.2 Å². The van der Waals surface area contributed by atoms with Crippen LogP contribution in [0.15, 0.2) is 0 Å². The molecule has 2 heterocycles. The maximum absolute atomic E-state index is 11.9. The summed E-state index contributed by atoms with van der Waals surface area (Å²) in [6.45, 7) is 17.6. The molecule has 2 N–H and O–H groups in total. The SMILES string of the molecule is CC(=O)O[C@@H]([C@H]1C[C@@H](C)C2C(CC3[C@H](CCC4C(C)CC[C@H](OC5C[C@@H](O)CCO5)C4(C)C)CCC[C@@]32C)O1)C(C)(C)O. The summed E-state index contributed by atoms with van der Waals surface area (Å²) in [7, 11) is 0. The van der Waals surface area contributed by atoms with Crippen LogP contribution in [0.4, 0.5) is 0 Å². The highest BCUT2D eigenvalue weighted by Gasteiger charge is 2.60. The molecule has 0 aromatic rings. The van der Waals surface area contributed by atoms with Gasteiger partial charge in [-0.2, -0.15) is 0 Å². The Morgan fingerprint density at radius 1 is 1.02 bits per heavy atom. The Kier molecular flexibility index (Phi) is 10.0. The average molecular weight is 607 g/mol. The molecule has 0 amide bonds. The van der Waals surface area contributed by atoms with Crippen LogP contribution in [0.5, 0.6) is 0 Å². The van der Waals surface area contributed by atoms with Crippen LogP contribution in [0.3, 0.4) is 0 Å². The van der Waals surface area contributed by atoms with E-state index in [4.69, 9.17) is 18.9 Å². The molecule has 5 rings (SSSR count). The highest BCUT2D eigenvalue weighted by atomic mass is 16.7. The van der Waals surface area contributed by atoms with E-state index in [1.54, 1.807) is 13.8 Å². The summed E-state index contributed by atoms with van der Waals surface area (Å²) in [4.78, 5) is 11.9. The highest BCUT2D eigenvalue weighted by molar-refractivity contribution is 5.66. The number of aliphatic hydroxyl groups excluding tert-OH is 1. The predicted octanol–water partition coefficient (Wildman–Crippen LogP) is 6.66. The summed E-state index contributed by atoms with van der Waals surface area (Å²) < 4.78 is 25.0. The van der Waals surface area contributed by atoms with Crippen molar-refractivity contribution in [2.75, 3.05) is 6.61 Å². The molecule has 0 bridgehead atoms. The van der Waals surface area contributed by atoms with Crippen molar-refractivity contribution in [3.8, 4) is 0 Å². The van der Waals surface area contributed by atoms with Gasteiger partial charge >= 0.3 is 5.97 Å². The number of fused-ring (bicyclic) bond motifs is 3. The summed E-state index contributed by atoms with van der Waals surface area (Å²) in [6, 6.07) is 0. The first-order valence-electron chi connectivity index (χ1n) is 17.6. The minimum atomic E-state index is -1.16. The van der Waals surface area contributed by atoms with Crippen LogP contribution in [0.2, 0.25) is 0 Å². The Labute approximate surface area is 261 Å². The molecule has 5 fully saturated rings. The third kappa shape index (κ3) is 6.87. The van der Waals surface area contributed by atoms with Crippen LogP contribution in [0.1, 0.15) is 126 Å². The minimum absolute atomic E-state index is 0.0543. The topological polar surface area (TPSA) is 94.5 Å². The van der Waals surface area contributed by atoms with E-state index in [2.05, 4.69) is 34.6 Å². The fourth-order valence-electron chi connectivity index (χ4n) is 11.0. The molecular formula is C36H62O7. The molecular weight excluding hydrogens is 544 g/mol. The van der Waals surface area contributed by atoms with E-state index in [1.165, 1.54) is 45.4 Å². The quantitative estimate of drug-likeness (QED) is 0.299. The second-order valence-corrected chi connectivity index (χ2v) is 16.8. The molecule has 248 valence electrons. The van der Waals surface area contributed by atoms with Gasteiger partial charge in [0.15, 0.2) is 12.4 Å². The van der Waals surface area contributed by atoms with Gasteiger partial charge in [-0.15, -0.1) is 0 Å². The zero-order valence-corrected chi connectivity index (χ0v) is 28.3. The lowest BCUT2D eigenvalue weighted by molar-refractivity contribution is -0.240. The Morgan fingerprint density at radius 2 is 1.77 bits per heavy atom. The Morgan fingerprint density at radius 3 is 2.44 bits per heavy atom. The summed E-state index contributed by atoms with van der Waals surface area (Å²) in [5.74, 6) is 3.18. The molecule has 0 spiro atoms. The van der Waals surface area contributed by atoms with Gasteiger partial charge in [0, 0.05) is 13.3 Å². The van der Waals surface area contributed by atoms with Crippen molar-refractivity contribution >= 4 is 5.97 Å². The summed E-state index contributed by atoms with van der Waals surface area (Å²) >= 11 is 0. The molecule has 0 aromatic carbocycles. The number of hydrogen-bond donors (Lipinski definition) is 2. The number of hydrogen-bond acceptors (Lipinski definition) is 7. The fraction of sp³-hybridized carbons (Fsp3) is 0.972. The maximum Gasteiger partial charge on any atom is 0.303 e. The second kappa shape index (κ2) is 12.8. The van der Waals surface area contributed by atoms with Crippen molar-refractivity contribution in [2.45, 2.75) is 168 Å². The third-order valence-corrected chi connectivity index (χ3v) is 13.0. The van der Waals surface area contributed by atoms with Gasteiger partial charge < -0.3 is 29.2 Å². The number of ether oxygens (including phenoxy) is 4. The lowest BCUT2D eigenvalue weighted by Crippen LogP contribution is -2.54. The van der Waals surface area contributed by atoms with Gasteiger partial charge in [-0.25, -0.2) is 0 Å². The normalized spacial score (nSPS) is 45.6. The smallest absolute Gasteiger partial charge is 0.303 e. The van der Waals surface area contributed by atoms with Crippen molar-refractivity contribution in [3.63, 3.8) is 0 Å². The molecule has 3 aliphatic carbocycles. The van der Waals surface area contributed by atoms with E-state index < -0.39 is 11.7 Å². The largest absolute Gasteiger partial charge is 0.457 e. The van der Waals surface area contributed by atoms with E-state index >= 15 is 0 Å². The zero-order chi connectivity index (χ0) is 31.3. The number of carbonyl (C=O) groups is 1. The lowest BCUT2D eigenvalue weighted by atomic mass is 9.56. The summed E-state index contributed by atoms with van der Waals surface area (Å²) in [5, 5.41) is 21.1. The number of aliphatic hydroxyl groups is 2. The molecule has 2 aliphatic heterocycles. The van der Waals surface area contributed by atoms with Gasteiger partial charge in [-0.1, -0.05) is 47.5 Å². The highest BCUT2D eigenvalue weighted by Crippen LogP contribution is 2.63. The van der Waals surface area contributed by atoms with Crippen LogP contribution in [0, 0.1) is 46.3 Å². The van der Waals surface area contributed by atoms with Gasteiger partial charge in [-0.05, 0) is 112 Å². The molecule has 3 saturated carbocycles. The lowest BCUT2D eigenvalue weighted by Gasteiger charge is -2.51. The number of esters is 1. The van der Waals surface area contributed by atoms with E-state index in [0.29, 0.717) is 55.0 Å².